The van der Waals surface area contributed by atoms with Gasteiger partial charge in [0.25, 0.3) is 11.8 Å². The smallest absolute Gasteiger partial charge is 0.266 e. The maximum Gasteiger partial charge on any atom is 0.266 e. The first kappa shape index (κ1) is 24.4. The minimum Gasteiger partial charge on any atom is -0.497 e. The number of thioether (sulfide) groups is 1. The minimum absolute atomic E-state index is 0.189. The second kappa shape index (κ2) is 11.1. The van der Waals surface area contributed by atoms with Gasteiger partial charge >= 0.3 is 0 Å². The number of carbonyl (C=O) groups is 2. The monoisotopic (exact) mass is 510 g/mol. The molecule has 35 heavy (non-hydrogen) atoms. The molecule has 2 amide bonds. The van der Waals surface area contributed by atoms with Gasteiger partial charge in [0.2, 0.25) is 0 Å². The molecule has 0 atom stereocenters. The molecule has 1 fully saturated rings. The molecule has 0 bridgehead atoms. The average Bonchev–Trinajstić information content (AvgIpc) is 3.47. The van der Waals surface area contributed by atoms with Crippen LogP contribution in [-0.2, 0) is 16.1 Å². The lowest BCUT2D eigenvalue weighted by Gasteiger charge is -2.12. The number of hydrogen-bond donors (Lipinski definition) is 1. The van der Waals surface area contributed by atoms with Gasteiger partial charge in [-0.05, 0) is 60.2 Å². The molecule has 1 aliphatic rings. The molecule has 3 aromatic rings. The molecule has 1 aromatic heterocycles. The molecule has 2 aromatic carbocycles. The summed E-state index contributed by atoms with van der Waals surface area (Å²) in [5, 5.41) is 2.76. The molecule has 0 radical (unpaired) electrons. The third kappa shape index (κ3) is 6.03. The number of ether oxygens (including phenoxy) is 3. The molecule has 10 heteroatoms. The molecule has 1 N–H and O–H groups in total. The summed E-state index contributed by atoms with van der Waals surface area (Å²) in [6.45, 7) is 0.0802. The highest BCUT2D eigenvalue weighted by atomic mass is 32.2. The zero-order valence-electron chi connectivity index (χ0n) is 19.0. The van der Waals surface area contributed by atoms with Crippen molar-refractivity contribution in [2.45, 2.75) is 6.54 Å². The topological polar surface area (TPSA) is 90.2 Å². The van der Waals surface area contributed by atoms with Crippen molar-refractivity contribution in [3.63, 3.8) is 0 Å². The van der Waals surface area contributed by atoms with Crippen molar-refractivity contribution in [2.24, 2.45) is 0 Å². The van der Waals surface area contributed by atoms with Crippen LogP contribution in [-0.4, -0.2) is 41.9 Å². The summed E-state index contributed by atoms with van der Waals surface area (Å²) < 4.78 is 22.0. The summed E-state index contributed by atoms with van der Waals surface area (Å²) in [4.78, 5) is 27.1. The van der Waals surface area contributed by atoms with Crippen LogP contribution in [0.5, 0.6) is 17.2 Å². The van der Waals surface area contributed by atoms with E-state index in [0.717, 1.165) is 5.56 Å². The SMILES string of the molecule is COc1ccc(NC(=O)COc2ccc(/C=C3\SC(=S)N(Cc4ccco4)C3=O)cc2OC)cc1. The second-order valence-corrected chi connectivity index (χ2v) is 9.00. The number of nitrogens with zero attached hydrogens (tertiary/aromatic N) is 1. The summed E-state index contributed by atoms with van der Waals surface area (Å²) in [7, 11) is 3.08. The lowest BCUT2D eigenvalue weighted by atomic mass is 10.2. The Kier molecular flexibility index (Phi) is 7.74. The molecule has 4 rings (SSSR count). The first-order chi connectivity index (χ1) is 17.0. The summed E-state index contributed by atoms with van der Waals surface area (Å²) in [6, 6.07) is 15.7. The van der Waals surface area contributed by atoms with Crippen molar-refractivity contribution in [2.75, 3.05) is 26.1 Å². The van der Waals surface area contributed by atoms with Crippen LogP contribution >= 0.6 is 24.0 Å². The molecule has 0 aliphatic carbocycles. The number of hydrogen-bond acceptors (Lipinski definition) is 8. The Bertz CT molecular complexity index is 1260. The predicted octanol–water partition coefficient (Wildman–Crippen LogP) is 4.72. The number of benzene rings is 2. The number of furan rings is 1. The second-order valence-electron chi connectivity index (χ2n) is 7.32. The molecule has 1 aliphatic heterocycles. The number of nitrogens with one attached hydrogen (secondary N) is 1. The van der Waals surface area contributed by atoms with Gasteiger partial charge in [-0.25, -0.2) is 0 Å². The average molecular weight is 511 g/mol. The van der Waals surface area contributed by atoms with Gasteiger partial charge in [0.1, 0.15) is 15.8 Å². The summed E-state index contributed by atoms with van der Waals surface area (Å²) in [5.74, 6) is 1.68. The first-order valence-corrected chi connectivity index (χ1v) is 11.7. The predicted molar refractivity (Wildman–Crippen MR) is 138 cm³/mol. The number of thiocarbonyl (C=S) groups is 1. The zero-order valence-corrected chi connectivity index (χ0v) is 20.6. The van der Waals surface area contributed by atoms with Gasteiger partial charge in [-0.3, -0.25) is 14.5 Å². The van der Waals surface area contributed by atoms with Gasteiger partial charge in [0.15, 0.2) is 18.1 Å². The van der Waals surface area contributed by atoms with E-state index in [0.29, 0.717) is 37.9 Å². The molecular weight excluding hydrogens is 488 g/mol. The van der Waals surface area contributed by atoms with E-state index < -0.39 is 0 Å². The van der Waals surface area contributed by atoms with Gasteiger partial charge in [-0.1, -0.05) is 30.0 Å². The molecular formula is C25H22N2O6S2. The van der Waals surface area contributed by atoms with Gasteiger partial charge in [-0.15, -0.1) is 0 Å². The van der Waals surface area contributed by atoms with Crippen LogP contribution in [0, 0.1) is 0 Å². The Balaban J connectivity index is 1.39. The number of rotatable bonds is 9. The van der Waals surface area contributed by atoms with Crippen LogP contribution in [0.1, 0.15) is 11.3 Å². The van der Waals surface area contributed by atoms with Crippen LogP contribution in [0.15, 0.2) is 70.2 Å². The summed E-state index contributed by atoms with van der Waals surface area (Å²) >= 11 is 6.60. The van der Waals surface area contributed by atoms with Crippen LogP contribution in [0.3, 0.4) is 0 Å². The lowest BCUT2D eigenvalue weighted by molar-refractivity contribution is -0.122. The quantitative estimate of drug-likeness (QED) is 0.327. The van der Waals surface area contributed by atoms with Gasteiger partial charge < -0.3 is 23.9 Å². The maximum absolute atomic E-state index is 12.8. The fourth-order valence-corrected chi connectivity index (χ4v) is 4.51. The number of carbonyl (C=O) groups excluding carboxylic acids is 2. The van der Waals surface area contributed by atoms with E-state index in [1.54, 1.807) is 74.0 Å². The van der Waals surface area contributed by atoms with E-state index in [2.05, 4.69) is 5.32 Å². The molecule has 2 heterocycles. The van der Waals surface area contributed by atoms with E-state index in [1.165, 1.54) is 23.8 Å². The fourth-order valence-electron chi connectivity index (χ4n) is 3.25. The number of anilines is 1. The highest BCUT2D eigenvalue weighted by Gasteiger charge is 2.32. The van der Waals surface area contributed by atoms with E-state index >= 15 is 0 Å². The molecule has 0 spiro atoms. The molecule has 8 nitrogen and oxygen atoms in total. The highest BCUT2D eigenvalue weighted by molar-refractivity contribution is 8.26. The Morgan fingerprint density at radius 2 is 1.91 bits per heavy atom. The van der Waals surface area contributed by atoms with Crippen molar-refractivity contribution in [3.05, 3.63) is 77.1 Å². The normalized spacial score (nSPS) is 14.3. The zero-order chi connectivity index (χ0) is 24.8. The van der Waals surface area contributed by atoms with Crippen LogP contribution in [0.4, 0.5) is 5.69 Å². The number of amides is 2. The van der Waals surface area contributed by atoms with Crippen molar-refractivity contribution < 1.29 is 28.2 Å². The minimum atomic E-state index is -0.318. The largest absolute Gasteiger partial charge is 0.497 e. The van der Waals surface area contributed by atoms with Crippen molar-refractivity contribution in [3.8, 4) is 17.2 Å². The third-order valence-electron chi connectivity index (χ3n) is 4.99. The maximum atomic E-state index is 12.8. The Hall–Kier alpha value is -3.76. The van der Waals surface area contributed by atoms with E-state index in [1.807, 2.05) is 0 Å². The van der Waals surface area contributed by atoms with Crippen LogP contribution in [0.25, 0.3) is 6.08 Å². The van der Waals surface area contributed by atoms with Crippen molar-refractivity contribution in [1.82, 2.24) is 4.90 Å². The Morgan fingerprint density at radius 3 is 2.60 bits per heavy atom. The molecule has 1 saturated heterocycles. The first-order valence-electron chi connectivity index (χ1n) is 10.5. The van der Waals surface area contributed by atoms with Crippen molar-refractivity contribution in [1.29, 1.82) is 0 Å². The van der Waals surface area contributed by atoms with E-state index in [4.69, 9.17) is 30.8 Å². The summed E-state index contributed by atoms with van der Waals surface area (Å²) in [6.07, 6.45) is 3.30. The van der Waals surface area contributed by atoms with E-state index in [9.17, 15) is 9.59 Å². The summed E-state index contributed by atoms with van der Waals surface area (Å²) in [5.41, 5.74) is 1.36. The van der Waals surface area contributed by atoms with E-state index in [-0.39, 0.29) is 25.0 Å². The molecule has 0 unspecified atom stereocenters. The number of methoxy groups -OCH3 is 2. The molecule has 0 saturated carbocycles. The Morgan fingerprint density at radius 1 is 1.11 bits per heavy atom. The van der Waals surface area contributed by atoms with Crippen LogP contribution in [0.2, 0.25) is 0 Å². The fraction of sp³-hybridized carbons (Fsp3) is 0.160. The standard InChI is InChI=1S/C25H22N2O6S2/c1-30-18-8-6-17(7-9-18)26-23(28)15-33-20-10-5-16(12-21(20)31-2)13-22-24(29)27(25(34)35-22)14-19-4-3-11-32-19/h3-13H,14-15H2,1-2H3,(H,26,28)/b22-13-. The highest BCUT2D eigenvalue weighted by Crippen LogP contribution is 2.35. The van der Waals surface area contributed by atoms with Gasteiger partial charge in [0.05, 0.1) is 31.9 Å². The molecule has 180 valence electrons. The van der Waals surface area contributed by atoms with Crippen molar-refractivity contribution >= 4 is 51.9 Å². The Labute approximate surface area is 211 Å². The third-order valence-corrected chi connectivity index (χ3v) is 6.36. The lowest BCUT2D eigenvalue weighted by Crippen LogP contribution is -2.27. The van der Waals surface area contributed by atoms with Crippen LogP contribution < -0.4 is 19.5 Å². The van der Waals surface area contributed by atoms with Gasteiger partial charge in [0, 0.05) is 5.69 Å². The van der Waals surface area contributed by atoms with Gasteiger partial charge in [-0.2, -0.15) is 0 Å².